The van der Waals surface area contributed by atoms with Crippen molar-refractivity contribution in [3.05, 3.63) is 114 Å². The van der Waals surface area contributed by atoms with Crippen molar-refractivity contribution >= 4 is 70.1 Å². The maximum atomic E-state index is 13.7. The quantitative estimate of drug-likeness (QED) is 0.0192. The van der Waals surface area contributed by atoms with Gasteiger partial charge in [-0.1, -0.05) is 80.2 Å². The number of imidazole rings is 1. The minimum absolute atomic E-state index is 0.0712. The summed E-state index contributed by atoms with van der Waals surface area (Å²) in [4.78, 5) is 67.1. The number of fused-ring (bicyclic) bond motifs is 1. The Labute approximate surface area is 442 Å². The van der Waals surface area contributed by atoms with Gasteiger partial charge in [-0.3, -0.25) is 43.8 Å². The molecule has 0 bridgehead atoms. The largest absolute Gasteiger partial charge is 0.494 e. The Morgan fingerprint density at radius 1 is 0.853 bits per heavy atom. The van der Waals surface area contributed by atoms with E-state index in [9.17, 15) is 19.2 Å². The van der Waals surface area contributed by atoms with Crippen LogP contribution in [0.3, 0.4) is 0 Å². The van der Waals surface area contributed by atoms with Crippen LogP contribution in [0.2, 0.25) is 0 Å². The molecule has 0 aliphatic rings. The SMILES string of the molecule is C=Nc1cc(C(N)=O)cc(OC/C=C/Cn2cc(NC(=C)C)cn2)c1N(C/C=C/Cn1c(NC(=O)C(/C=C(/C)N)=NCC)nc2cc(C(N)=O)cc(OC)c21)CNC(=O)c1cc(C)nn1CC.CC.CC.CC.CC. The van der Waals surface area contributed by atoms with Crippen LogP contribution in [0.15, 0.2) is 101 Å². The fourth-order valence-electron chi connectivity index (χ4n) is 6.83. The van der Waals surface area contributed by atoms with Gasteiger partial charge in [0.05, 0.1) is 49.1 Å². The predicted molar refractivity (Wildman–Crippen MR) is 306 cm³/mol. The topological polar surface area (TPSA) is 282 Å². The number of anilines is 3. The summed E-state index contributed by atoms with van der Waals surface area (Å²) in [5.41, 5.74) is 22.1. The van der Waals surface area contributed by atoms with E-state index in [1.807, 2.05) is 93.7 Å². The number of allylic oxidation sites excluding steroid dienone is 4. The highest BCUT2D eigenvalue weighted by atomic mass is 16.5. The summed E-state index contributed by atoms with van der Waals surface area (Å²) in [5, 5.41) is 17.7. The van der Waals surface area contributed by atoms with Crippen LogP contribution in [-0.2, 0) is 24.4 Å². The Morgan fingerprint density at radius 2 is 1.49 bits per heavy atom. The molecule has 0 unspecified atom stereocenters. The first-order valence-corrected chi connectivity index (χ1v) is 25.1. The van der Waals surface area contributed by atoms with Gasteiger partial charge >= 0.3 is 0 Å². The number of nitrogens with one attached hydrogen (secondary N) is 3. The second kappa shape index (κ2) is 34.0. The number of hydrogen-bond donors (Lipinski definition) is 6. The molecular formula is C54H81N15O6. The van der Waals surface area contributed by atoms with Gasteiger partial charge < -0.3 is 46.8 Å². The average Bonchev–Trinajstić information content (AvgIpc) is 4.13. The maximum Gasteiger partial charge on any atom is 0.276 e. The summed E-state index contributed by atoms with van der Waals surface area (Å²) >= 11 is 0. The summed E-state index contributed by atoms with van der Waals surface area (Å²) in [6.45, 7) is 34.1. The third-order valence-corrected chi connectivity index (χ3v) is 9.72. The number of hydrogen-bond acceptors (Lipinski definition) is 14. The molecule has 2 aromatic carbocycles. The van der Waals surface area contributed by atoms with Gasteiger partial charge in [-0.15, -0.1) is 0 Å². The van der Waals surface area contributed by atoms with E-state index >= 15 is 0 Å². The normalized spacial score (nSPS) is 10.9. The Morgan fingerprint density at radius 3 is 2.08 bits per heavy atom. The fourth-order valence-corrected chi connectivity index (χ4v) is 6.83. The molecule has 0 aliphatic heterocycles. The Hall–Kier alpha value is -8.49. The Kier molecular flexibility index (Phi) is 29.3. The average molecular weight is 1040 g/mol. The number of aliphatic imine (C=N–C) groups is 2. The van der Waals surface area contributed by atoms with Crippen LogP contribution in [0.1, 0.15) is 120 Å². The van der Waals surface area contributed by atoms with E-state index in [4.69, 9.17) is 26.7 Å². The molecule has 75 heavy (non-hydrogen) atoms. The number of methoxy groups -OCH3 is 1. The first kappa shape index (κ1) is 64.5. The molecule has 0 atom stereocenters. The summed E-state index contributed by atoms with van der Waals surface area (Å²) in [6, 6.07) is 7.69. The molecule has 0 saturated carbocycles. The van der Waals surface area contributed by atoms with Crippen molar-refractivity contribution in [3.63, 3.8) is 0 Å². The first-order chi connectivity index (χ1) is 36.1. The van der Waals surface area contributed by atoms with Gasteiger partial charge in [0.25, 0.3) is 11.8 Å². The molecule has 0 spiro atoms. The number of aromatic nitrogens is 6. The predicted octanol–water partition coefficient (Wildman–Crippen LogP) is 8.69. The number of carbonyl (C=O) groups is 4. The van der Waals surface area contributed by atoms with Crippen molar-refractivity contribution < 1.29 is 28.7 Å². The zero-order valence-corrected chi connectivity index (χ0v) is 46.5. The zero-order valence-electron chi connectivity index (χ0n) is 46.5. The van der Waals surface area contributed by atoms with Gasteiger partial charge in [-0.25, -0.2) is 4.98 Å². The number of rotatable bonds is 24. The van der Waals surface area contributed by atoms with Crippen LogP contribution in [0.25, 0.3) is 11.0 Å². The van der Waals surface area contributed by atoms with Crippen LogP contribution in [-0.4, -0.2) is 98.6 Å². The second-order valence-corrected chi connectivity index (χ2v) is 15.0. The van der Waals surface area contributed by atoms with Crippen molar-refractivity contribution in [1.29, 1.82) is 0 Å². The Bertz CT molecular complexity index is 2790. The monoisotopic (exact) mass is 1040 g/mol. The lowest BCUT2D eigenvalue weighted by molar-refractivity contribution is -0.110. The van der Waals surface area contributed by atoms with E-state index in [1.165, 1.54) is 37.5 Å². The van der Waals surface area contributed by atoms with Crippen molar-refractivity contribution in [2.75, 3.05) is 49.0 Å². The number of amides is 4. The van der Waals surface area contributed by atoms with Crippen LogP contribution >= 0.6 is 0 Å². The van der Waals surface area contributed by atoms with Gasteiger partial charge in [0.2, 0.25) is 17.8 Å². The molecule has 5 rings (SSSR count). The number of ether oxygens (including phenoxy) is 2. The molecular weight excluding hydrogens is 955 g/mol. The summed E-state index contributed by atoms with van der Waals surface area (Å²) in [5.74, 6) is -1.74. The van der Waals surface area contributed by atoms with E-state index in [-0.39, 0.29) is 72.2 Å². The van der Waals surface area contributed by atoms with E-state index in [0.717, 1.165) is 11.4 Å². The number of benzene rings is 2. The smallest absolute Gasteiger partial charge is 0.276 e. The maximum absolute atomic E-state index is 13.7. The van der Waals surface area contributed by atoms with E-state index < -0.39 is 17.7 Å². The van der Waals surface area contributed by atoms with E-state index in [1.54, 1.807) is 57.9 Å². The minimum atomic E-state index is -0.714. The lowest BCUT2D eigenvalue weighted by Crippen LogP contribution is -2.39. The highest BCUT2D eigenvalue weighted by molar-refractivity contribution is 6.47. The van der Waals surface area contributed by atoms with Gasteiger partial charge in [0.1, 0.15) is 40.7 Å². The van der Waals surface area contributed by atoms with Crippen molar-refractivity contribution in [3.8, 4) is 11.5 Å². The molecule has 5 aromatic rings. The number of primary amides is 2. The van der Waals surface area contributed by atoms with Crippen LogP contribution in [0.5, 0.6) is 11.5 Å². The first-order valence-electron chi connectivity index (χ1n) is 25.1. The van der Waals surface area contributed by atoms with E-state index in [0.29, 0.717) is 53.4 Å². The Balaban J connectivity index is 0.00000335. The van der Waals surface area contributed by atoms with Crippen molar-refractivity contribution in [1.82, 2.24) is 34.4 Å². The zero-order chi connectivity index (χ0) is 56.8. The highest BCUT2D eigenvalue weighted by Crippen LogP contribution is 2.39. The lowest BCUT2D eigenvalue weighted by atomic mass is 10.1. The second-order valence-electron chi connectivity index (χ2n) is 15.0. The molecule has 4 amide bonds. The molecule has 0 radical (unpaired) electrons. The fraction of sp³-hybridized carbons (Fsp3) is 0.389. The number of nitrogens with zero attached hydrogens (tertiary/aromatic N) is 9. The highest BCUT2D eigenvalue weighted by Gasteiger charge is 2.23. The number of carbonyl (C=O) groups excluding carboxylic acids is 4. The molecule has 0 fully saturated rings. The third kappa shape index (κ3) is 19.1. The molecule has 0 aliphatic carbocycles. The molecule has 21 heteroatoms. The summed E-state index contributed by atoms with van der Waals surface area (Å²) in [7, 11) is 1.44. The van der Waals surface area contributed by atoms with Crippen LogP contribution < -0.4 is 47.5 Å². The molecule has 21 nitrogen and oxygen atoms in total. The lowest BCUT2D eigenvalue weighted by Gasteiger charge is -2.27. The summed E-state index contributed by atoms with van der Waals surface area (Å²) in [6.07, 6.45) is 12.3. The standard InChI is InChI=1S/C46H57N15O6.4C2H6/c1-9-51-36(19-29(5)47)44(64)56-46-55-35-22-32(43(49)63)23-38(66-8)41(35)60(46)17-12-11-15-58(27-52-45(65)37-20-30(6)57-61(37)10-2)40-34(50-7)21-31(42(48)62)24-39(40)67-18-14-13-16-59-26-33(25-53-59)54-28(3)4;4*1-2/h11-14,19-26,54H,3,7,9-10,15-18,27,47H2,1-2,4-6,8H3,(H2,48,62)(H2,49,63)(H,52,65)(H,55,56,64);4*1-2H3/b12-11+,14-13+,29-19-,51-36?;;;;. The summed E-state index contributed by atoms with van der Waals surface area (Å²) < 4.78 is 17.0. The molecule has 408 valence electrons. The number of nitrogens with two attached hydrogens (primary N) is 3. The van der Waals surface area contributed by atoms with Gasteiger partial charge in [0, 0.05) is 54.9 Å². The van der Waals surface area contributed by atoms with Crippen molar-refractivity contribution in [2.45, 2.75) is 110 Å². The molecule has 3 aromatic heterocycles. The van der Waals surface area contributed by atoms with Crippen LogP contribution in [0, 0.1) is 6.92 Å². The molecule has 9 N–H and O–H groups in total. The van der Waals surface area contributed by atoms with Crippen molar-refractivity contribution in [2.24, 2.45) is 27.2 Å². The van der Waals surface area contributed by atoms with Gasteiger partial charge in [-0.05, 0) is 83.8 Å². The number of aryl methyl sites for hydroxylation is 2. The third-order valence-electron chi connectivity index (χ3n) is 9.72. The molecule has 3 heterocycles. The van der Waals surface area contributed by atoms with Crippen LogP contribution in [0.4, 0.5) is 23.0 Å². The van der Waals surface area contributed by atoms with Gasteiger partial charge in [0.15, 0.2) is 0 Å². The minimum Gasteiger partial charge on any atom is -0.494 e. The molecule has 0 saturated heterocycles. The van der Waals surface area contributed by atoms with Gasteiger partial charge in [-0.2, -0.15) is 10.2 Å². The van der Waals surface area contributed by atoms with E-state index in [2.05, 4.69) is 54.4 Å².